The van der Waals surface area contributed by atoms with Crippen LogP contribution in [0.25, 0.3) is 0 Å². The van der Waals surface area contributed by atoms with Crippen LogP contribution in [0.1, 0.15) is 6.92 Å². The van der Waals surface area contributed by atoms with Crippen molar-refractivity contribution in [2.75, 3.05) is 12.9 Å². The Morgan fingerprint density at radius 1 is 1.10 bits per heavy atom. The number of carbonyl (C=O) groups excluding carboxylic acids is 1. The van der Waals surface area contributed by atoms with Gasteiger partial charge in [-0.25, -0.2) is 0 Å². The number of hydrogen-bond donors (Lipinski definition) is 0. The van der Waals surface area contributed by atoms with Gasteiger partial charge in [-0.3, -0.25) is 0 Å². The van der Waals surface area contributed by atoms with Crippen molar-refractivity contribution in [3.05, 3.63) is 30.3 Å². The Bertz CT molecular complexity index is 452. The van der Waals surface area contributed by atoms with E-state index in [2.05, 4.69) is 4.74 Å². The van der Waals surface area contributed by atoms with Gasteiger partial charge in [0.25, 0.3) is 0 Å². The molecule has 0 aliphatic carbocycles. The van der Waals surface area contributed by atoms with Crippen LogP contribution in [0.5, 0.6) is 0 Å². The van der Waals surface area contributed by atoms with E-state index in [0.717, 1.165) is 4.90 Å². The molecule has 11 heteroatoms. The third-order valence-corrected chi connectivity index (χ3v) is 2.85. The molecule has 0 heterocycles. The molecular formula is C10H13F6O3SSb. The van der Waals surface area contributed by atoms with Gasteiger partial charge in [-0.2, -0.15) is 8.98 Å². The van der Waals surface area contributed by atoms with Crippen molar-refractivity contribution in [2.45, 2.75) is 11.8 Å². The molecule has 0 spiro atoms. The van der Waals surface area contributed by atoms with Gasteiger partial charge in [0.1, 0.15) is 6.26 Å². The van der Waals surface area contributed by atoms with Crippen LogP contribution in [0.2, 0.25) is 0 Å². The molecular weight excluding hydrogens is 436 g/mol. The summed E-state index contributed by atoms with van der Waals surface area (Å²) < 4.78 is 69.3. The molecule has 3 nitrogen and oxygen atoms in total. The van der Waals surface area contributed by atoms with Gasteiger partial charge in [-0.15, -0.1) is 0 Å². The first-order valence-electron chi connectivity index (χ1n) is 5.31. The van der Waals surface area contributed by atoms with Crippen LogP contribution >= 0.6 is 0 Å². The Morgan fingerprint density at radius 2 is 1.52 bits per heavy atom. The zero-order valence-electron chi connectivity index (χ0n) is 10.9. The average molecular weight is 449 g/mol. The zero-order chi connectivity index (χ0) is 16.8. The van der Waals surface area contributed by atoms with E-state index in [1.807, 2.05) is 36.6 Å². The summed E-state index contributed by atoms with van der Waals surface area (Å²) in [5, 5.41) is 0. The van der Waals surface area contributed by atoms with Gasteiger partial charge in [0.05, 0.1) is 6.61 Å². The van der Waals surface area contributed by atoms with E-state index < -0.39 is 36.8 Å². The predicted octanol–water partition coefficient (Wildman–Crippen LogP) is 4.52. The molecule has 1 unspecified atom stereocenters. The van der Waals surface area contributed by atoms with E-state index in [4.69, 9.17) is 4.18 Å². The number of hydrogen-bond acceptors (Lipinski definition) is 3. The van der Waals surface area contributed by atoms with Crippen molar-refractivity contribution in [1.29, 1.82) is 0 Å². The van der Waals surface area contributed by atoms with E-state index in [9.17, 15) is 21.7 Å². The van der Waals surface area contributed by atoms with Crippen LogP contribution < -0.4 is 0 Å². The number of carbonyl (C=O) groups is 1. The number of rotatable bonds is 3. The average Bonchev–Trinajstić information content (AvgIpc) is 2.26. The standard InChI is InChI=1S/C10H13O3S.6FH.Sb/c1-3-12-10(11)13-14(2)9-7-5-4-6-8-9;;;;;;;/h4-8H,3H2,1-2H3;6*1H;/q+1;;;;;;;+5/p-6. The van der Waals surface area contributed by atoms with Crippen molar-refractivity contribution < 1.29 is 30.6 Å². The van der Waals surface area contributed by atoms with Gasteiger partial charge in [0.2, 0.25) is 16.1 Å². The van der Waals surface area contributed by atoms with Gasteiger partial charge in [0.15, 0.2) is 0 Å². The van der Waals surface area contributed by atoms with Crippen molar-refractivity contribution in [3.63, 3.8) is 0 Å². The van der Waals surface area contributed by atoms with Gasteiger partial charge in [-0.05, 0) is 19.1 Å². The summed E-state index contributed by atoms with van der Waals surface area (Å²) in [6.07, 6.45) is 1.23. The van der Waals surface area contributed by atoms with Crippen LogP contribution in [0.4, 0.5) is 21.7 Å². The maximum absolute atomic E-state index is 11.2. The molecule has 21 heavy (non-hydrogen) atoms. The first-order chi connectivity index (χ1) is 9.19. The van der Waals surface area contributed by atoms with E-state index >= 15 is 0 Å². The number of halogens is 6. The predicted molar refractivity (Wildman–Crippen MR) is 68.5 cm³/mol. The Hall–Kier alpha value is -0.762. The van der Waals surface area contributed by atoms with Crippen molar-refractivity contribution >= 4 is 36.8 Å². The molecule has 1 atom stereocenters. The van der Waals surface area contributed by atoms with Crippen LogP contribution in [0.3, 0.4) is 0 Å². The molecule has 1 rings (SSSR count). The van der Waals surface area contributed by atoms with Gasteiger partial charge in [-0.1, -0.05) is 18.2 Å². The summed E-state index contributed by atoms with van der Waals surface area (Å²) in [6.45, 7) is 2.09. The normalized spacial score (nSPS) is 15.6. The monoisotopic (exact) mass is 448 g/mol. The minimum absolute atomic E-state index is 0.338. The molecule has 0 saturated carbocycles. The van der Waals surface area contributed by atoms with Crippen LogP contribution in [-0.2, 0) is 20.1 Å². The molecule has 0 aliphatic heterocycles. The fourth-order valence-electron chi connectivity index (χ4n) is 0.904. The molecule has 0 N–H and O–H groups in total. The number of benzene rings is 1. The molecule has 1 aromatic carbocycles. The Balaban J connectivity index is 0.000000486. The third kappa shape index (κ3) is 17.2. The zero-order valence-corrected chi connectivity index (χ0v) is 14.3. The molecule has 0 aromatic heterocycles. The third-order valence-electron chi connectivity index (χ3n) is 1.53. The van der Waals surface area contributed by atoms with E-state index in [1.165, 1.54) is 0 Å². The Morgan fingerprint density at radius 3 is 1.90 bits per heavy atom. The van der Waals surface area contributed by atoms with Crippen LogP contribution in [0, 0.1) is 0 Å². The summed E-state index contributed by atoms with van der Waals surface area (Å²) >= 11 is -11.8. The topological polar surface area (TPSA) is 35.5 Å². The summed E-state index contributed by atoms with van der Waals surface area (Å²) in [6, 6.07) is 9.58. The SMILES string of the molecule is CCOC(=O)O[S+](C)c1ccccc1.[F][Sb-]([F])([F])([F])([F])[F]. The summed E-state index contributed by atoms with van der Waals surface area (Å²) in [7, 11) is 0. The van der Waals surface area contributed by atoms with Gasteiger partial charge in [0, 0.05) is 0 Å². The van der Waals surface area contributed by atoms with Crippen LogP contribution in [0.15, 0.2) is 35.2 Å². The Kier molecular flexibility index (Phi) is 6.32. The molecule has 1 aromatic rings. The maximum atomic E-state index is 11.0. The molecule has 0 saturated heterocycles. The first kappa shape index (κ1) is 20.2. The molecule has 0 amide bonds. The summed E-state index contributed by atoms with van der Waals surface area (Å²) in [5.74, 6) is 0. The summed E-state index contributed by atoms with van der Waals surface area (Å²) in [5.41, 5.74) is 0. The van der Waals surface area contributed by atoms with E-state index in [0.29, 0.717) is 6.61 Å². The van der Waals surface area contributed by atoms with E-state index in [1.54, 1.807) is 6.92 Å². The fourth-order valence-corrected chi connectivity index (χ4v) is 1.79. The first-order valence-corrected chi connectivity index (χ1v) is 12.7. The molecule has 0 aliphatic rings. The van der Waals surface area contributed by atoms with Gasteiger partial charge < -0.3 is 4.74 Å². The van der Waals surface area contributed by atoms with E-state index in [-0.39, 0.29) is 0 Å². The molecule has 124 valence electrons. The van der Waals surface area contributed by atoms with Crippen LogP contribution in [-0.4, -0.2) is 38.5 Å². The van der Waals surface area contributed by atoms with Crippen molar-refractivity contribution in [3.8, 4) is 0 Å². The number of ether oxygens (including phenoxy) is 1. The second-order valence-electron chi connectivity index (χ2n) is 3.49. The summed E-state index contributed by atoms with van der Waals surface area (Å²) in [4.78, 5) is 12.0. The van der Waals surface area contributed by atoms with Crippen molar-refractivity contribution in [2.24, 2.45) is 0 Å². The molecule has 0 fully saturated rings. The molecule has 0 radical (unpaired) electrons. The quantitative estimate of drug-likeness (QED) is 0.295. The second kappa shape index (κ2) is 6.56. The fraction of sp³-hybridized carbons (Fsp3) is 0.300. The Labute approximate surface area is 122 Å². The van der Waals surface area contributed by atoms with Gasteiger partial charge >= 0.3 is 42.5 Å². The molecule has 0 bridgehead atoms. The minimum atomic E-state index is -11.2. The van der Waals surface area contributed by atoms with Crippen molar-refractivity contribution in [1.82, 2.24) is 0 Å². The second-order valence-corrected chi connectivity index (χ2v) is 10.5.